The molecule has 0 saturated heterocycles. The molecule has 2 aliphatic rings. The van der Waals surface area contributed by atoms with Gasteiger partial charge in [-0.05, 0) is 48.2 Å². The second-order valence-corrected chi connectivity index (χ2v) is 9.10. The average Bonchev–Trinajstić information content (AvgIpc) is 3.13. The van der Waals surface area contributed by atoms with Gasteiger partial charge < -0.3 is 0 Å². The van der Waals surface area contributed by atoms with E-state index < -0.39 is 6.04 Å². The smallest absolute Gasteiger partial charge is 0.271 e. The molecule has 6 rings (SSSR count). The number of allylic oxidation sites excluding steroid dienone is 2. The molecule has 1 atom stereocenters. The van der Waals surface area contributed by atoms with Gasteiger partial charge in [-0.15, -0.1) is 0 Å². The van der Waals surface area contributed by atoms with Crippen LogP contribution in [0.1, 0.15) is 36.4 Å². The van der Waals surface area contributed by atoms with Crippen molar-refractivity contribution in [2.45, 2.75) is 25.3 Å². The molecule has 32 heavy (non-hydrogen) atoms. The third-order valence-electron chi connectivity index (χ3n) is 6.07. The lowest BCUT2D eigenvalue weighted by Gasteiger charge is -2.28. The third kappa shape index (κ3) is 3.07. The minimum Gasteiger partial charge on any atom is -0.294 e. The van der Waals surface area contributed by atoms with Crippen molar-refractivity contribution in [3.05, 3.63) is 109 Å². The Morgan fingerprint density at radius 2 is 1.88 bits per heavy atom. The summed E-state index contributed by atoms with van der Waals surface area (Å²) in [7, 11) is 0. The van der Waals surface area contributed by atoms with E-state index in [4.69, 9.17) is 4.99 Å². The highest BCUT2D eigenvalue weighted by atomic mass is 32.1. The van der Waals surface area contributed by atoms with Crippen molar-refractivity contribution in [1.29, 1.82) is 0 Å². The maximum absolute atomic E-state index is 13.6. The molecule has 1 aliphatic heterocycles. The summed E-state index contributed by atoms with van der Waals surface area (Å²) in [5.74, 6) is 0.0974. The molecular formula is C26H19N3O2S. The number of benzene rings is 2. The fraction of sp³-hybridized carbons (Fsp3) is 0.154. The van der Waals surface area contributed by atoms with Gasteiger partial charge in [-0.3, -0.25) is 19.1 Å². The fourth-order valence-corrected chi connectivity index (χ4v) is 5.62. The molecular weight excluding hydrogens is 418 g/mol. The minimum atomic E-state index is -0.418. The van der Waals surface area contributed by atoms with Crippen molar-refractivity contribution in [3.63, 3.8) is 0 Å². The standard InChI is InChI=1S/C26H19N3O2S/c30-21-10-4-9-20-23(21)24(17-6-2-1-3-7-17)29-25(31)22(32-26(29)28-20)15-16-11-12-19-18(14-16)8-5-13-27-19/h1-3,5-8,11-15,24H,4,9-10H2. The number of hydrogen-bond donors (Lipinski definition) is 0. The van der Waals surface area contributed by atoms with Crippen molar-refractivity contribution < 1.29 is 4.79 Å². The van der Waals surface area contributed by atoms with Crippen LogP contribution < -0.4 is 14.9 Å². The van der Waals surface area contributed by atoms with Crippen LogP contribution in [0.4, 0.5) is 0 Å². The van der Waals surface area contributed by atoms with Crippen molar-refractivity contribution in [3.8, 4) is 0 Å². The van der Waals surface area contributed by atoms with Gasteiger partial charge in [0.25, 0.3) is 5.56 Å². The molecule has 156 valence electrons. The molecule has 1 unspecified atom stereocenters. The summed E-state index contributed by atoms with van der Waals surface area (Å²) in [5, 5.41) is 1.03. The Bertz CT molecular complexity index is 1600. The van der Waals surface area contributed by atoms with E-state index in [2.05, 4.69) is 4.98 Å². The van der Waals surface area contributed by atoms with Crippen molar-refractivity contribution >= 4 is 34.1 Å². The topological polar surface area (TPSA) is 64.3 Å². The van der Waals surface area contributed by atoms with E-state index in [9.17, 15) is 9.59 Å². The summed E-state index contributed by atoms with van der Waals surface area (Å²) in [6, 6.07) is 19.3. The number of fused-ring (bicyclic) bond motifs is 2. The first-order chi connectivity index (χ1) is 15.7. The predicted octanol–water partition coefficient (Wildman–Crippen LogP) is 3.52. The highest BCUT2D eigenvalue weighted by molar-refractivity contribution is 7.07. The zero-order valence-corrected chi connectivity index (χ0v) is 18.0. The van der Waals surface area contributed by atoms with E-state index in [1.54, 1.807) is 10.8 Å². The summed E-state index contributed by atoms with van der Waals surface area (Å²) < 4.78 is 2.32. The molecule has 0 radical (unpaired) electrons. The lowest BCUT2D eigenvalue weighted by atomic mass is 9.86. The number of nitrogens with zero attached hydrogens (tertiary/aromatic N) is 3. The van der Waals surface area contributed by atoms with Crippen LogP contribution in [0.25, 0.3) is 17.0 Å². The summed E-state index contributed by atoms with van der Waals surface area (Å²) in [6.07, 6.45) is 5.77. The summed E-state index contributed by atoms with van der Waals surface area (Å²) in [6.45, 7) is 0. The number of rotatable bonds is 2. The van der Waals surface area contributed by atoms with Crippen molar-refractivity contribution in [1.82, 2.24) is 9.55 Å². The molecule has 2 aromatic heterocycles. The van der Waals surface area contributed by atoms with Crippen LogP contribution in [0.5, 0.6) is 0 Å². The second-order valence-electron chi connectivity index (χ2n) is 8.09. The summed E-state index contributed by atoms with van der Waals surface area (Å²) in [5.41, 5.74) is 4.19. The summed E-state index contributed by atoms with van der Waals surface area (Å²) >= 11 is 1.38. The highest BCUT2D eigenvalue weighted by Crippen LogP contribution is 2.35. The van der Waals surface area contributed by atoms with Gasteiger partial charge in [-0.2, -0.15) is 0 Å². The number of pyridine rings is 1. The normalized spacial score (nSPS) is 18.4. The number of carbonyl (C=O) groups excluding carboxylic acids is 1. The average molecular weight is 438 g/mol. The third-order valence-corrected chi connectivity index (χ3v) is 7.05. The van der Waals surface area contributed by atoms with Crippen LogP contribution >= 0.6 is 11.3 Å². The van der Waals surface area contributed by atoms with Gasteiger partial charge >= 0.3 is 0 Å². The maximum Gasteiger partial charge on any atom is 0.271 e. The molecule has 0 bridgehead atoms. The van der Waals surface area contributed by atoms with E-state index in [0.29, 0.717) is 21.3 Å². The molecule has 5 nitrogen and oxygen atoms in total. The van der Waals surface area contributed by atoms with E-state index in [0.717, 1.165) is 40.6 Å². The number of Topliss-reactive ketones (excluding diaryl/α,β-unsaturated/α-hetero) is 1. The number of thiazole rings is 1. The Hall–Kier alpha value is -3.64. The maximum atomic E-state index is 13.6. The fourth-order valence-electron chi connectivity index (χ4n) is 4.60. The second kappa shape index (κ2) is 7.50. The van der Waals surface area contributed by atoms with Crippen LogP contribution in [-0.2, 0) is 4.79 Å². The van der Waals surface area contributed by atoms with Gasteiger partial charge in [-0.25, -0.2) is 4.99 Å². The minimum absolute atomic E-state index is 0.0974. The van der Waals surface area contributed by atoms with Crippen LogP contribution in [0.2, 0.25) is 0 Å². The first-order valence-corrected chi connectivity index (χ1v) is 11.5. The highest BCUT2D eigenvalue weighted by Gasteiger charge is 2.34. The van der Waals surface area contributed by atoms with Crippen molar-refractivity contribution in [2.24, 2.45) is 4.99 Å². The van der Waals surface area contributed by atoms with Gasteiger partial charge in [-0.1, -0.05) is 53.8 Å². The molecule has 2 aromatic carbocycles. The summed E-state index contributed by atoms with van der Waals surface area (Å²) in [4.78, 5) is 36.3. The van der Waals surface area contributed by atoms with Gasteiger partial charge in [0.15, 0.2) is 10.6 Å². The molecule has 3 heterocycles. The van der Waals surface area contributed by atoms with Gasteiger partial charge in [0.05, 0.1) is 21.8 Å². The van der Waals surface area contributed by atoms with Gasteiger partial charge in [0.1, 0.15) is 0 Å². The van der Waals surface area contributed by atoms with E-state index in [-0.39, 0.29) is 11.3 Å². The number of ketones is 1. The van der Waals surface area contributed by atoms with Crippen LogP contribution in [0.15, 0.2) is 87.9 Å². The Morgan fingerprint density at radius 3 is 2.75 bits per heavy atom. The Kier molecular flexibility index (Phi) is 4.47. The Morgan fingerprint density at radius 1 is 1.00 bits per heavy atom. The largest absolute Gasteiger partial charge is 0.294 e. The zero-order chi connectivity index (χ0) is 21.7. The lowest BCUT2D eigenvalue weighted by molar-refractivity contribution is -0.116. The van der Waals surface area contributed by atoms with E-state index in [1.807, 2.05) is 66.7 Å². The molecule has 0 saturated carbocycles. The zero-order valence-electron chi connectivity index (χ0n) is 17.2. The number of aromatic nitrogens is 2. The predicted molar refractivity (Wildman–Crippen MR) is 125 cm³/mol. The Labute approximate surface area is 187 Å². The molecule has 6 heteroatoms. The molecule has 4 aromatic rings. The van der Waals surface area contributed by atoms with E-state index >= 15 is 0 Å². The van der Waals surface area contributed by atoms with Crippen LogP contribution in [-0.4, -0.2) is 15.3 Å². The number of hydrogen-bond acceptors (Lipinski definition) is 5. The van der Waals surface area contributed by atoms with Gasteiger partial charge in [0.2, 0.25) is 0 Å². The molecule has 0 fully saturated rings. The first-order valence-electron chi connectivity index (χ1n) is 10.7. The molecule has 0 spiro atoms. The monoisotopic (exact) mass is 437 g/mol. The van der Waals surface area contributed by atoms with Crippen molar-refractivity contribution in [2.75, 3.05) is 0 Å². The SMILES string of the molecule is O=C1CCCC2=C1C(c1ccccc1)n1c(sc(=Cc3ccc4ncccc4c3)c1=O)=N2. The van der Waals surface area contributed by atoms with Gasteiger partial charge in [0, 0.05) is 23.6 Å². The van der Waals surface area contributed by atoms with E-state index in [1.165, 1.54) is 11.3 Å². The van der Waals surface area contributed by atoms with Crippen LogP contribution in [0, 0.1) is 0 Å². The lowest BCUT2D eigenvalue weighted by Crippen LogP contribution is -2.40. The van der Waals surface area contributed by atoms with Crippen LogP contribution in [0.3, 0.4) is 0 Å². The Balaban J connectivity index is 1.57. The quantitative estimate of drug-likeness (QED) is 0.482. The molecule has 0 N–H and O–H groups in total. The first kappa shape index (κ1) is 19.1. The molecule has 1 aliphatic carbocycles. The molecule has 0 amide bonds. The number of carbonyl (C=O) groups is 1.